The summed E-state index contributed by atoms with van der Waals surface area (Å²) in [5, 5.41) is 4.10. The molecule has 0 spiro atoms. The van der Waals surface area contributed by atoms with Crippen molar-refractivity contribution in [1.82, 2.24) is 5.43 Å². The first-order valence-corrected chi connectivity index (χ1v) is 7.68. The van der Waals surface area contributed by atoms with Crippen LogP contribution in [0.4, 0.5) is 0 Å². The van der Waals surface area contributed by atoms with E-state index in [2.05, 4.69) is 10.5 Å². The Morgan fingerprint density at radius 2 is 1.71 bits per heavy atom. The lowest BCUT2D eigenvalue weighted by atomic mass is 10.1. The van der Waals surface area contributed by atoms with Gasteiger partial charge < -0.3 is 9.47 Å². The van der Waals surface area contributed by atoms with Crippen LogP contribution in [0.25, 0.3) is 0 Å². The molecule has 0 atom stereocenters. The molecule has 1 N–H and O–H groups in total. The van der Waals surface area contributed by atoms with Gasteiger partial charge in [-0.05, 0) is 61.7 Å². The lowest BCUT2D eigenvalue weighted by molar-refractivity contribution is -0.123. The number of amides is 1. The van der Waals surface area contributed by atoms with Crippen molar-refractivity contribution in [2.45, 2.75) is 20.8 Å². The van der Waals surface area contributed by atoms with E-state index < -0.39 is 0 Å². The first-order valence-electron chi connectivity index (χ1n) is 7.68. The molecular weight excluding hydrogens is 304 g/mol. The zero-order valence-electron chi connectivity index (χ0n) is 14.4. The molecule has 0 unspecified atom stereocenters. The number of nitrogens with one attached hydrogen (secondary N) is 1. The molecule has 1 amide bonds. The summed E-state index contributed by atoms with van der Waals surface area (Å²) in [6.07, 6.45) is 0. The van der Waals surface area contributed by atoms with E-state index >= 15 is 0 Å². The van der Waals surface area contributed by atoms with E-state index in [1.54, 1.807) is 7.11 Å². The maximum Gasteiger partial charge on any atom is 0.277 e. The molecule has 0 aliphatic carbocycles. The molecule has 0 radical (unpaired) electrons. The van der Waals surface area contributed by atoms with E-state index in [1.165, 1.54) is 0 Å². The summed E-state index contributed by atoms with van der Waals surface area (Å²) < 4.78 is 10.7. The Kier molecular flexibility index (Phi) is 5.95. The average molecular weight is 326 g/mol. The van der Waals surface area contributed by atoms with Gasteiger partial charge in [-0.2, -0.15) is 5.10 Å². The number of carbonyl (C=O) groups is 1. The third-order valence-electron chi connectivity index (χ3n) is 3.61. The third kappa shape index (κ3) is 4.59. The van der Waals surface area contributed by atoms with Crippen molar-refractivity contribution < 1.29 is 14.3 Å². The lowest BCUT2D eigenvalue weighted by Gasteiger charge is -2.11. The van der Waals surface area contributed by atoms with Gasteiger partial charge in [0.05, 0.1) is 12.8 Å². The van der Waals surface area contributed by atoms with E-state index in [9.17, 15) is 4.79 Å². The van der Waals surface area contributed by atoms with Gasteiger partial charge in [0.25, 0.3) is 5.91 Å². The maximum absolute atomic E-state index is 11.9. The average Bonchev–Trinajstić information content (AvgIpc) is 2.59. The SMILES string of the molecule is COc1ccc(/C(C)=N\NC(=O)COc2c(C)cccc2C)cc1. The van der Waals surface area contributed by atoms with Crippen molar-refractivity contribution in [2.24, 2.45) is 5.10 Å². The fraction of sp³-hybridized carbons (Fsp3) is 0.263. The number of benzene rings is 2. The van der Waals surface area contributed by atoms with Crippen LogP contribution in [0.3, 0.4) is 0 Å². The second-order valence-electron chi connectivity index (χ2n) is 5.47. The highest BCUT2D eigenvalue weighted by atomic mass is 16.5. The molecule has 0 fully saturated rings. The van der Waals surface area contributed by atoms with Crippen LogP contribution in [0.1, 0.15) is 23.6 Å². The van der Waals surface area contributed by atoms with Gasteiger partial charge in [-0.1, -0.05) is 18.2 Å². The predicted molar refractivity (Wildman–Crippen MR) is 94.8 cm³/mol. The highest BCUT2D eigenvalue weighted by Gasteiger charge is 2.07. The van der Waals surface area contributed by atoms with E-state index in [-0.39, 0.29) is 12.5 Å². The molecule has 24 heavy (non-hydrogen) atoms. The van der Waals surface area contributed by atoms with Crippen molar-refractivity contribution in [3.63, 3.8) is 0 Å². The van der Waals surface area contributed by atoms with Gasteiger partial charge in [-0.25, -0.2) is 5.43 Å². The molecule has 0 aliphatic rings. The van der Waals surface area contributed by atoms with Crippen molar-refractivity contribution in [3.8, 4) is 11.5 Å². The molecule has 2 aromatic carbocycles. The topological polar surface area (TPSA) is 59.9 Å². The fourth-order valence-electron chi connectivity index (χ4n) is 2.24. The zero-order chi connectivity index (χ0) is 17.5. The summed E-state index contributed by atoms with van der Waals surface area (Å²) >= 11 is 0. The maximum atomic E-state index is 11.9. The molecule has 0 saturated heterocycles. The van der Waals surface area contributed by atoms with Crippen LogP contribution in [0.5, 0.6) is 11.5 Å². The minimum Gasteiger partial charge on any atom is -0.497 e. The zero-order valence-corrected chi connectivity index (χ0v) is 14.4. The van der Waals surface area contributed by atoms with Gasteiger partial charge in [-0.15, -0.1) is 0 Å². The Labute approximate surface area is 142 Å². The summed E-state index contributed by atoms with van der Waals surface area (Å²) in [5.41, 5.74) is 6.13. The van der Waals surface area contributed by atoms with Crippen LogP contribution < -0.4 is 14.9 Å². The van der Waals surface area contributed by atoms with E-state index in [4.69, 9.17) is 9.47 Å². The predicted octanol–water partition coefficient (Wildman–Crippen LogP) is 3.23. The molecule has 5 heteroatoms. The number of hydrogen-bond acceptors (Lipinski definition) is 4. The van der Waals surface area contributed by atoms with Gasteiger partial charge in [-0.3, -0.25) is 4.79 Å². The number of hydrazone groups is 1. The molecule has 0 saturated carbocycles. The Hall–Kier alpha value is -2.82. The minimum absolute atomic E-state index is 0.0783. The Bertz CT molecular complexity index is 717. The minimum atomic E-state index is -0.300. The van der Waals surface area contributed by atoms with Crippen molar-refractivity contribution in [3.05, 3.63) is 59.2 Å². The summed E-state index contributed by atoms with van der Waals surface area (Å²) in [4.78, 5) is 11.9. The summed E-state index contributed by atoms with van der Waals surface area (Å²) in [6, 6.07) is 13.3. The van der Waals surface area contributed by atoms with Crippen LogP contribution in [-0.4, -0.2) is 25.3 Å². The highest BCUT2D eigenvalue weighted by molar-refractivity contribution is 5.99. The monoisotopic (exact) mass is 326 g/mol. The second-order valence-corrected chi connectivity index (χ2v) is 5.47. The standard InChI is InChI=1S/C19H22N2O3/c1-13-6-5-7-14(2)19(13)24-12-18(22)21-20-15(3)16-8-10-17(23-4)11-9-16/h5-11H,12H2,1-4H3,(H,21,22)/b20-15-. The Morgan fingerprint density at radius 3 is 2.29 bits per heavy atom. The number of rotatable bonds is 6. The van der Waals surface area contributed by atoms with Crippen LogP contribution >= 0.6 is 0 Å². The molecule has 5 nitrogen and oxygen atoms in total. The quantitative estimate of drug-likeness (QED) is 0.655. The second kappa shape index (κ2) is 8.15. The van der Waals surface area contributed by atoms with Gasteiger partial charge in [0.15, 0.2) is 6.61 Å². The summed E-state index contributed by atoms with van der Waals surface area (Å²) in [6.45, 7) is 5.65. The number of aryl methyl sites for hydroxylation is 2. The molecular formula is C19H22N2O3. The van der Waals surface area contributed by atoms with E-state index in [0.29, 0.717) is 5.71 Å². The lowest BCUT2D eigenvalue weighted by Crippen LogP contribution is -2.26. The largest absolute Gasteiger partial charge is 0.497 e. The number of para-hydroxylation sites is 1. The molecule has 0 aliphatic heterocycles. The van der Waals surface area contributed by atoms with Crippen LogP contribution in [0.15, 0.2) is 47.6 Å². The van der Waals surface area contributed by atoms with Gasteiger partial charge in [0.2, 0.25) is 0 Å². The first kappa shape index (κ1) is 17.5. The number of methoxy groups -OCH3 is 1. The molecule has 2 aromatic rings. The smallest absolute Gasteiger partial charge is 0.277 e. The fourth-order valence-corrected chi connectivity index (χ4v) is 2.24. The van der Waals surface area contributed by atoms with Crippen molar-refractivity contribution in [2.75, 3.05) is 13.7 Å². The van der Waals surface area contributed by atoms with Gasteiger partial charge in [0, 0.05) is 0 Å². The van der Waals surface area contributed by atoms with Crippen LogP contribution in [0, 0.1) is 13.8 Å². The molecule has 126 valence electrons. The van der Waals surface area contributed by atoms with Crippen molar-refractivity contribution in [1.29, 1.82) is 0 Å². The number of nitrogens with zero attached hydrogens (tertiary/aromatic N) is 1. The van der Waals surface area contributed by atoms with Gasteiger partial charge >= 0.3 is 0 Å². The van der Waals surface area contributed by atoms with E-state index in [0.717, 1.165) is 28.2 Å². The van der Waals surface area contributed by atoms with Crippen LogP contribution in [-0.2, 0) is 4.79 Å². The van der Waals surface area contributed by atoms with Crippen molar-refractivity contribution >= 4 is 11.6 Å². The molecule has 0 bridgehead atoms. The third-order valence-corrected chi connectivity index (χ3v) is 3.61. The molecule has 0 heterocycles. The Balaban J connectivity index is 1.92. The Morgan fingerprint density at radius 1 is 1.08 bits per heavy atom. The van der Waals surface area contributed by atoms with Crippen LogP contribution in [0.2, 0.25) is 0 Å². The van der Waals surface area contributed by atoms with E-state index in [1.807, 2.05) is 63.2 Å². The molecule has 2 rings (SSSR count). The normalized spacial score (nSPS) is 11.1. The van der Waals surface area contributed by atoms with Gasteiger partial charge in [0.1, 0.15) is 11.5 Å². The number of carbonyl (C=O) groups excluding carboxylic acids is 1. The summed E-state index contributed by atoms with van der Waals surface area (Å²) in [7, 11) is 1.62. The molecule has 0 aromatic heterocycles. The first-order chi connectivity index (χ1) is 11.5. The number of ether oxygens (including phenoxy) is 2. The number of hydrogen-bond donors (Lipinski definition) is 1. The summed E-state index contributed by atoms with van der Waals surface area (Å²) in [5.74, 6) is 1.21. The highest BCUT2D eigenvalue weighted by Crippen LogP contribution is 2.22.